The first-order chi connectivity index (χ1) is 8.54. The van der Waals surface area contributed by atoms with Gasteiger partial charge in [-0.05, 0) is 26.2 Å². The molecule has 0 radical (unpaired) electrons. The second-order valence-electron chi connectivity index (χ2n) is 4.69. The molecule has 0 bridgehead atoms. The standard InChI is InChI=1S/C14H25N3O/c1-7-11(18-8-2)13-16-10(5)12(9(3)4)14(15-6)17-13/h9,11H,7-8H2,1-6H3,(H,15,16,17). The molecular weight excluding hydrogens is 226 g/mol. The molecule has 1 unspecified atom stereocenters. The Kier molecular flexibility index (Phi) is 5.54. The zero-order valence-corrected chi connectivity index (χ0v) is 12.4. The smallest absolute Gasteiger partial charge is 0.159 e. The van der Waals surface area contributed by atoms with E-state index in [0.717, 1.165) is 23.8 Å². The molecule has 0 aliphatic heterocycles. The van der Waals surface area contributed by atoms with Gasteiger partial charge in [0.2, 0.25) is 0 Å². The number of anilines is 1. The number of ether oxygens (including phenoxy) is 1. The minimum Gasteiger partial charge on any atom is -0.373 e. The van der Waals surface area contributed by atoms with Crippen LogP contribution in [0.4, 0.5) is 5.82 Å². The Bertz CT molecular complexity index is 391. The van der Waals surface area contributed by atoms with E-state index in [1.807, 2.05) is 20.9 Å². The molecule has 0 aliphatic carbocycles. The van der Waals surface area contributed by atoms with Crippen molar-refractivity contribution in [1.82, 2.24) is 9.97 Å². The van der Waals surface area contributed by atoms with E-state index in [2.05, 4.69) is 36.1 Å². The maximum absolute atomic E-state index is 5.68. The molecule has 0 aliphatic rings. The van der Waals surface area contributed by atoms with Crippen LogP contribution >= 0.6 is 0 Å². The molecule has 1 N–H and O–H groups in total. The van der Waals surface area contributed by atoms with Crippen molar-refractivity contribution < 1.29 is 4.74 Å². The quantitative estimate of drug-likeness (QED) is 0.841. The molecule has 0 fully saturated rings. The predicted molar refractivity (Wildman–Crippen MR) is 75.1 cm³/mol. The fourth-order valence-corrected chi connectivity index (χ4v) is 2.21. The lowest BCUT2D eigenvalue weighted by Gasteiger charge is -2.19. The Hall–Kier alpha value is -1.16. The molecule has 18 heavy (non-hydrogen) atoms. The van der Waals surface area contributed by atoms with Crippen LogP contribution in [0.2, 0.25) is 0 Å². The molecule has 0 aromatic carbocycles. The van der Waals surface area contributed by atoms with E-state index in [9.17, 15) is 0 Å². The van der Waals surface area contributed by atoms with Gasteiger partial charge in [-0.15, -0.1) is 0 Å². The zero-order chi connectivity index (χ0) is 13.7. The highest BCUT2D eigenvalue weighted by molar-refractivity contribution is 5.48. The van der Waals surface area contributed by atoms with E-state index in [1.54, 1.807) is 0 Å². The second-order valence-corrected chi connectivity index (χ2v) is 4.69. The third-order valence-electron chi connectivity index (χ3n) is 2.99. The second kappa shape index (κ2) is 6.69. The van der Waals surface area contributed by atoms with Crippen molar-refractivity contribution in [2.75, 3.05) is 19.0 Å². The summed E-state index contributed by atoms with van der Waals surface area (Å²) in [6.07, 6.45) is 0.874. The fourth-order valence-electron chi connectivity index (χ4n) is 2.21. The summed E-state index contributed by atoms with van der Waals surface area (Å²) < 4.78 is 5.68. The van der Waals surface area contributed by atoms with Crippen LogP contribution in [-0.4, -0.2) is 23.6 Å². The maximum atomic E-state index is 5.68. The number of nitrogens with one attached hydrogen (secondary N) is 1. The maximum Gasteiger partial charge on any atom is 0.159 e. The molecule has 0 spiro atoms. The van der Waals surface area contributed by atoms with Gasteiger partial charge < -0.3 is 10.1 Å². The van der Waals surface area contributed by atoms with Crippen molar-refractivity contribution in [3.05, 3.63) is 17.1 Å². The molecule has 1 atom stereocenters. The number of aryl methyl sites for hydroxylation is 1. The van der Waals surface area contributed by atoms with Crippen LogP contribution in [0.5, 0.6) is 0 Å². The molecule has 1 aromatic heterocycles. The molecule has 0 saturated heterocycles. The Morgan fingerprint density at radius 3 is 2.33 bits per heavy atom. The molecule has 0 amide bonds. The van der Waals surface area contributed by atoms with E-state index in [0.29, 0.717) is 12.5 Å². The highest BCUT2D eigenvalue weighted by Crippen LogP contribution is 2.27. The van der Waals surface area contributed by atoms with E-state index >= 15 is 0 Å². The summed E-state index contributed by atoms with van der Waals surface area (Å²) in [5.41, 5.74) is 2.23. The summed E-state index contributed by atoms with van der Waals surface area (Å²) in [5, 5.41) is 3.17. The van der Waals surface area contributed by atoms with Gasteiger partial charge in [0.05, 0.1) is 0 Å². The van der Waals surface area contributed by atoms with Gasteiger partial charge >= 0.3 is 0 Å². The Morgan fingerprint density at radius 2 is 1.89 bits per heavy atom. The Morgan fingerprint density at radius 1 is 1.22 bits per heavy atom. The molecule has 0 saturated carbocycles. The van der Waals surface area contributed by atoms with Gasteiger partial charge in [0.15, 0.2) is 5.82 Å². The van der Waals surface area contributed by atoms with Gasteiger partial charge in [-0.3, -0.25) is 0 Å². The Labute approximate surface area is 110 Å². The first kappa shape index (κ1) is 14.9. The molecule has 1 rings (SSSR count). The van der Waals surface area contributed by atoms with Gasteiger partial charge in [0.25, 0.3) is 0 Å². The van der Waals surface area contributed by atoms with Crippen molar-refractivity contribution >= 4 is 5.82 Å². The number of aromatic nitrogens is 2. The third-order valence-corrected chi connectivity index (χ3v) is 2.99. The number of nitrogens with zero attached hydrogens (tertiary/aromatic N) is 2. The molecule has 4 nitrogen and oxygen atoms in total. The summed E-state index contributed by atoms with van der Waals surface area (Å²) in [6, 6.07) is 0. The highest BCUT2D eigenvalue weighted by atomic mass is 16.5. The van der Waals surface area contributed by atoms with Crippen LogP contribution in [0.25, 0.3) is 0 Å². The van der Waals surface area contributed by atoms with Crippen LogP contribution in [0.3, 0.4) is 0 Å². The first-order valence-electron chi connectivity index (χ1n) is 6.72. The van der Waals surface area contributed by atoms with Gasteiger partial charge in [-0.2, -0.15) is 0 Å². The summed E-state index contributed by atoms with van der Waals surface area (Å²) in [7, 11) is 1.90. The fraction of sp³-hybridized carbons (Fsp3) is 0.714. The summed E-state index contributed by atoms with van der Waals surface area (Å²) >= 11 is 0. The minimum atomic E-state index is -0.0120. The predicted octanol–water partition coefficient (Wildman–Crippen LogP) is 3.44. The minimum absolute atomic E-state index is 0.0120. The lowest BCUT2D eigenvalue weighted by molar-refractivity contribution is 0.0534. The first-order valence-corrected chi connectivity index (χ1v) is 6.72. The lowest BCUT2D eigenvalue weighted by atomic mass is 10.0. The normalized spacial score (nSPS) is 12.8. The van der Waals surface area contributed by atoms with Crippen molar-refractivity contribution in [3.8, 4) is 0 Å². The van der Waals surface area contributed by atoms with Crippen LogP contribution in [0.15, 0.2) is 0 Å². The van der Waals surface area contributed by atoms with Crippen molar-refractivity contribution in [2.24, 2.45) is 0 Å². The lowest BCUT2D eigenvalue weighted by Crippen LogP contribution is -2.13. The van der Waals surface area contributed by atoms with Crippen molar-refractivity contribution in [3.63, 3.8) is 0 Å². The van der Waals surface area contributed by atoms with Crippen molar-refractivity contribution in [1.29, 1.82) is 0 Å². The molecule has 102 valence electrons. The van der Waals surface area contributed by atoms with Crippen LogP contribution in [0.1, 0.15) is 63.2 Å². The van der Waals surface area contributed by atoms with Gasteiger partial charge in [-0.25, -0.2) is 9.97 Å². The number of hydrogen-bond acceptors (Lipinski definition) is 4. The van der Waals surface area contributed by atoms with E-state index in [4.69, 9.17) is 4.74 Å². The summed E-state index contributed by atoms with van der Waals surface area (Å²) in [6.45, 7) is 11.1. The van der Waals surface area contributed by atoms with Crippen LogP contribution < -0.4 is 5.32 Å². The van der Waals surface area contributed by atoms with Gasteiger partial charge in [0.1, 0.15) is 11.9 Å². The van der Waals surface area contributed by atoms with Crippen molar-refractivity contribution in [2.45, 2.75) is 53.1 Å². The van der Waals surface area contributed by atoms with Gasteiger partial charge in [-0.1, -0.05) is 20.8 Å². The molecular formula is C14H25N3O. The summed E-state index contributed by atoms with van der Waals surface area (Å²) in [4.78, 5) is 9.23. The largest absolute Gasteiger partial charge is 0.373 e. The summed E-state index contributed by atoms with van der Waals surface area (Å²) in [5.74, 6) is 2.12. The number of rotatable bonds is 6. The topological polar surface area (TPSA) is 47.0 Å². The van der Waals surface area contributed by atoms with E-state index < -0.39 is 0 Å². The third kappa shape index (κ3) is 3.19. The van der Waals surface area contributed by atoms with E-state index in [-0.39, 0.29) is 6.10 Å². The average Bonchev–Trinajstić information content (AvgIpc) is 2.34. The molecule has 1 heterocycles. The average molecular weight is 251 g/mol. The van der Waals surface area contributed by atoms with Crippen LogP contribution in [-0.2, 0) is 4.74 Å². The van der Waals surface area contributed by atoms with Crippen LogP contribution in [0, 0.1) is 6.92 Å². The monoisotopic (exact) mass is 251 g/mol. The molecule has 1 aromatic rings. The van der Waals surface area contributed by atoms with Gasteiger partial charge in [0, 0.05) is 24.9 Å². The highest BCUT2D eigenvalue weighted by Gasteiger charge is 2.18. The SMILES string of the molecule is CCOC(CC)c1nc(C)c(C(C)C)c(NC)n1. The number of hydrogen-bond donors (Lipinski definition) is 1. The zero-order valence-electron chi connectivity index (χ0n) is 12.4. The molecule has 4 heteroatoms. The van der Waals surface area contributed by atoms with E-state index in [1.165, 1.54) is 5.56 Å². The Balaban J connectivity index is 3.20.